The molecule has 6 rings (SSSR count). The first-order valence-corrected chi connectivity index (χ1v) is 15.4. The Balaban J connectivity index is 1.30. The second-order valence-electron chi connectivity index (χ2n) is 9.12. The van der Waals surface area contributed by atoms with E-state index in [-0.39, 0.29) is 5.56 Å². The number of fused-ring (bicyclic) bond motifs is 1. The van der Waals surface area contributed by atoms with Crippen LogP contribution in [0, 0.1) is 6.92 Å². The van der Waals surface area contributed by atoms with Crippen LogP contribution in [0.25, 0.3) is 22.3 Å². The predicted molar refractivity (Wildman–Crippen MR) is 157 cm³/mol. The first kappa shape index (κ1) is 24.7. The van der Waals surface area contributed by atoms with Crippen molar-refractivity contribution in [1.29, 1.82) is 0 Å². The highest BCUT2D eigenvalue weighted by Crippen LogP contribution is 2.36. The lowest BCUT2D eigenvalue weighted by Crippen LogP contribution is -2.28. The molecule has 0 bridgehead atoms. The van der Waals surface area contributed by atoms with Gasteiger partial charge in [-0.2, -0.15) is 16.7 Å². The molecule has 0 radical (unpaired) electrons. The van der Waals surface area contributed by atoms with Gasteiger partial charge in [-0.25, -0.2) is 9.97 Å². The van der Waals surface area contributed by atoms with E-state index in [1.807, 2.05) is 31.7 Å². The average Bonchev–Trinajstić information content (AvgIpc) is 3.60. The molecule has 1 aromatic carbocycles. The third-order valence-electron chi connectivity index (χ3n) is 6.68. The number of allylic oxidation sites excluding steroid dienone is 1. The molecule has 1 saturated heterocycles. The van der Waals surface area contributed by atoms with Crippen LogP contribution in [-0.2, 0) is 6.54 Å². The van der Waals surface area contributed by atoms with Crippen molar-refractivity contribution < 1.29 is 0 Å². The number of pyridine rings is 1. The maximum atomic E-state index is 13.6. The lowest BCUT2D eigenvalue weighted by molar-refractivity contribution is 0.689. The zero-order valence-corrected chi connectivity index (χ0v) is 23.2. The number of anilines is 2. The Morgan fingerprint density at radius 3 is 2.81 bits per heavy atom. The molecule has 0 aliphatic carbocycles. The van der Waals surface area contributed by atoms with Gasteiger partial charge in [-0.05, 0) is 43.0 Å². The Kier molecular flexibility index (Phi) is 7.07. The third kappa shape index (κ3) is 4.95. The number of benzene rings is 1. The molecule has 0 amide bonds. The van der Waals surface area contributed by atoms with Gasteiger partial charge >= 0.3 is 0 Å². The molecule has 0 saturated carbocycles. The van der Waals surface area contributed by atoms with Crippen molar-refractivity contribution in [3.63, 3.8) is 0 Å². The molecular weight excluding hydrogens is 521 g/mol. The van der Waals surface area contributed by atoms with Crippen LogP contribution >= 0.6 is 34.9 Å². The smallest absolute Gasteiger partial charge is 0.261 e. The van der Waals surface area contributed by atoms with Gasteiger partial charge in [-0.3, -0.25) is 9.36 Å². The molecular formula is C27H28N6OS3. The number of nitrogens with one attached hydrogen (secondary N) is 2. The number of aryl methyl sites for hydroxylation is 2. The van der Waals surface area contributed by atoms with E-state index < -0.39 is 0 Å². The normalized spacial score (nSPS) is 19.5. The summed E-state index contributed by atoms with van der Waals surface area (Å²) in [6, 6.07) is 10.3. The molecule has 0 spiro atoms. The van der Waals surface area contributed by atoms with Gasteiger partial charge in [-0.15, -0.1) is 23.1 Å². The Bertz CT molecular complexity index is 1520. The van der Waals surface area contributed by atoms with Gasteiger partial charge in [0.05, 0.1) is 11.3 Å². The zero-order valence-electron chi connectivity index (χ0n) is 20.7. The van der Waals surface area contributed by atoms with E-state index in [1.165, 1.54) is 5.56 Å². The first-order valence-electron chi connectivity index (χ1n) is 12.5. The molecule has 1 fully saturated rings. The van der Waals surface area contributed by atoms with Gasteiger partial charge in [0.15, 0.2) is 0 Å². The summed E-state index contributed by atoms with van der Waals surface area (Å²) in [5.74, 6) is 2.93. The van der Waals surface area contributed by atoms with E-state index in [0.29, 0.717) is 34.9 Å². The number of aromatic nitrogens is 4. The van der Waals surface area contributed by atoms with Crippen LogP contribution in [0.15, 0.2) is 52.8 Å². The van der Waals surface area contributed by atoms with Crippen molar-refractivity contribution in [2.45, 2.75) is 31.6 Å². The Morgan fingerprint density at radius 1 is 1.22 bits per heavy atom. The summed E-state index contributed by atoms with van der Waals surface area (Å²) in [5, 5.41) is 11.3. The summed E-state index contributed by atoms with van der Waals surface area (Å²) < 4.78 is 1.72. The fraction of sp³-hybridized carbons (Fsp3) is 0.333. The fourth-order valence-electron chi connectivity index (χ4n) is 4.72. The van der Waals surface area contributed by atoms with Crippen molar-refractivity contribution >= 4 is 57.5 Å². The van der Waals surface area contributed by atoms with Crippen LogP contribution < -0.4 is 16.2 Å². The largest absolute Gasteiger partial charge is 0.324 e. The van der Waals surface area contributed by atoms with E-state index in [9.17, 15) is 4.79 Å². The van der Waals surface area contributed by atoms with Crippen LogP contribution in [0.4, 0.5) is 11.6 Å². The number of thioether (sulfide) groups is 2. The molecule has 190 valence electrons. The van der Waals surface area contributed by atoms with Crippen LogP contribution in [0.2, 0.25) is 0 Å². The fourth-order valence-corrected chi connectivity index (χ4v) is 7.86. The standard InChI is InChI=1S/C27H28N6OS3/c1-3-33-24-19(12-21(26(33)34)23-16(2)37-25(31-23)18-8-10-35-15-18)13-29-27(32-24)30-20-6-4-17(5-7-20)22-14-28-9-11-36-22/h4-8,10,12-13,18,22,28H,3,9,11,14-15H2,1-2H3,(H,29,30,32). The molecule has 2 atom stereocenters. The van der Waals surface area contributed by atoms with Gasteiger partial charge in [0.1, 0.15) is 10.7 Å². The van der Waals surface area contributed by atoms with Crippen LogP contribution in [0.3, 0.4) is 0 Å². The lowest BCUT2D eigenvalue weighted by Gasteiger charge is -2.22. The van der Waals surface area contributed by atoms with Crippen molar-refractivity contribution in [2.75, 3.05) is 29.9 Å². The molecule has 7 nitrogen and oxygen atoms in total. The van der Waals surface area contributed by atoms with Crippen LogP contribution in [0.1, 0.15) is 33.5 Å². The minimum Gasteiger partial charge on any atom is -0.324 e. The highest BCUT2D eigenvalue weighted by Gasteiger charge is 2.22. The topological polar surface area (TPSA) is 84.7 Å². The zero-order chi connectivity index (χ0) is 25.4. The van der Waals surface area contributed by atoms with E-state index in [2.05, 4.69) is 51.4 Å². The van der Waals surface area contributed by atoms with E-state index in [1.54, 1.807) is 33.9 Å². The Hall–Kier alpha value is -2.66. The summed E-state index contributed by atoms with van der Waals surface area (Å²) in [4.78, 5) is 28.8. The molecule has 2 unspecified atom stereocenters. The number of hydrogen-bond donors (Lipinski definition) is 2. The maximum Gasteiger partial charge on any atom is 0.261 e. The lowest BCUT2D eigenvalue weighted by atomic mass is 10.1. The van der Waals surface area contributed by atoms with Crippen molar-refractivity contribution in [3.05, 3.63) is 73.8 Å². The van der Waals surface area contributed by atoms with Gasteiger partial charge in [0.2, 0.25) is 5.95 Å². The molecule has 2 N–H and O–H groups in total. The predicted octanol–water partition coefficient (Wildman–Crippen LogP) is 5.71. The van der Waals surface area contributed by atoms with E-state index in [0.717, 1.165) is 51.2 Å². The average molecular weight is 549 g/mol. The second kappa shape index (κ2) is 10.6. The summed E-state index contributed by atoms with van der Waals surface area (Å²) >= 11 is 5.47. The van der Waals surface area contributed by atoms with E-state index in [4.69, 9.17) is 9.97 Å². The second-order valence-corrected chi connectivity index (χ2v) is 12.6. The monoisotopic (exact) mass is 548 g/mol. The van der Waals surface area contributed by atoms with Gasteiger partial charge in [0.25, 0.3) is 5.56 Å². The number of thiazole rings is 1. The molecule has 37 heavy (non-hydrogen) atoms. The SMILES string of the molecule is CCn1c(=O)c(-c2nc(C3C=CSC3)sc2C)cc2cnc(Nc3ccc(C4CNCCS4)cc3)nc21. The number of hydrogen-bond acceptors (Lipinski definition) is 9. The molecule has 2 aliphatic heterocycles. The molecule has 5 heterocycles. The number of nitrogens with zero attached hydrogens (tertiary/aromatic N) is 4. The molecule has 2 aliphatic rings. The van der Waals surface area contributed by atoms with Gasteiger partial charge in [0, 0.05) is 64.5 Å². The summed E-state index contributed by atoms with van der Waals surface area (Å²) in [7, 11) is 0. The molecule has 10 heteroatoms. The Morgan fingerprint density at radius 2 is 2.08 bits per heavy atom. The summed E-state index contributed by atoms with van der Waals surface area (Å²) in [6.45, 7) is 6.60. The van der Waals surface area contributed by atoms with E-state index >= 15 is 0 Å². The highest BCUT2D eigenvalue weighted by molar-refractivity contribution is 8.02. The third-order valence-corrected chi connectivity index (χ3v) is 9.96. The van der Waals surface area contributed by atoms with Gasteiger partial charge < -0.3 is 10.6 Å². The minimum atomic E-state index is -0.0705. The summed E-state index contributed by atoms with van der Waals surface area (Å²) in [5.41, 5.74) is 4.17. The van der Waals surface area contributed by atoms with Crippen molar-refractivity contribution in [1.82, 2.24) is 24.8 Å². The molecule has 4 aromatic rings. The quantitative estimate of drug-likeness (QED) is 0.317. The summed E-state index contributed by atoms with van der Waals surface area (Å²) in [6.07, 6.45) is 3.98. The highest BCUT2D eigenvalue weighted by atomic mass is 32.2. The van der Waals surface area contributed by atoms with Crippen molar-refractivity contribution in [3.8, 4) is 11.3 Å². The van der Waals surface area contributed by atoms with Crippen LogP contribution in [0.5, 0.6) is 0 Å². The molecule has 3 aromatic heterocycles. The minimum absolute atomic E-state index is 0.0705. The first-order chi connectivity index (χ1) is 18.1. The van der Waals surface area contributed by atoms with Crippen LogP contribution in [-0.4, -0.2) is 44.1 Å². The van der Waals surface area contributed by atoms with Crippen molar-refractivity contribution in [2.24, 2.45) is 0 Å². The number of rotatable bonds is 6. The Labute approximate surface area is 228 Å². The van der Waals surface area contributed by atoms with Gasteiger partial charge in [-0.1, -0.05) is 18.2 Å². The maximum absolute atomic E-state index is 13.6.